The van der Waals surface area contributed by atoms with Gasteiger partial charge in [0.05, 0.1) is 6.61 Å². The Morgan fingerprint density at radius 2 is 1.86 bits per heavy atom. The predicted molar refractivity (Wildman–Crippen MR) is 106 cm³/mol. The van der Waals surface area contributed by atoms with Gasteiger partial charge in [0, 0.05) is 17.6 Å². The molecular weight excluding hydrogens is 362 g/mol. The van der Waals surface area contributed by atoms with E-state index in [1.165, 1.54) is 12.1 Å². The van der Waals surface area contributed by atoms with Crippen molar-refractivity contribution < 1.29 is 18.6 Å². The molecule has 1 aliphatic heterocycles. The van der Waals surface area contributed by atoms with Crippen LogP contribution in [0.5, 0.6) is 11.5 Å². The highest BCUT2D eigenvalue weighted by Gasteiger charge is 2.26. The standard InChI is InChI=1S/C22H28F2N2O2/c1-15(14-27)26-20(13-16-9-11-25-12-10-16)18-7-8-19(23)22(21(18)24)28-17-5-3-2-4-6-17/h2-8,15-16,20,25-27H,9-14H2,1H3/t15?,20-/m0/s1. The van der Waals surface area contributed by atoms with Gasteiger partial charge in [0.15, 0.2) is 17.4 Å². The summed E-state index contributed by atoms with van der Waals surface area (Å²) in [4.78, 5) is 0. The third kappa shape index (κ3) is 5.28. The highest BCUT2D eigenvalue weighted by molar-refractivity contribution is 5.38. The molecule has 2 atom stereocenters. The van der Waals surface area contributed by atoms with E-state index in [9.17, 15) is 9.50 Å². The molecule has 0 spiro atoms. The summed E-state index contributed by atoms with van der Waals surface area (Å²) in [5.41, 5.74) is 0.367. The predicted octanol–water partition coefficient (Wildman–Crippen LogP) is 4.16. The topological polar surface area (TPSA) is 53.5 Å². The van der Waals surface area contributed by atoms with Crippen LogP contribution in [0.3, 0.4) is 0 Å². The van der Waals surface area contributed by atoms with Gasteiger partial charge in [0.25, 0.3) is 0 Å². The summed E-state index contributed by atoms with van der Waals surface area (Å²) < 4.78 is 35.1. The second kappa shape index (κ2) is 9.96. The molecule has 0 radical (unpaired) electrons. The Kier molecular flexibility index (Phi) is 7.36. The maximum atomic E-state index is 15.3. The van der Waals surface area contributed by atoms with Crippen molar-refractivity contribution in [3.05, 3.63) is 59.7 Å². The van der Waals surface area contributed by atoms with Crippen LogP contribution in [0.15, 0.2) is 42.5 Å². The van der Waals surface area contributed by atoms with Crippen LogP contribution in [0.4, 0.5) is 8.78 Å². The first-order valence-electron chi connectivity index (χ1n) is 9.87. The third-order valence-electron chi connectivity index (χ3n) is 5.20. The van der Waals surface area contributed by atoms with Gasteiger partial charge in [0.1, 0.15) is 5.75 Å². The van der Waals surface area contributed by atoms with Crippen molar-refractivity contribution in [1.29, 1.82) is 0 Å². The molecule has 0 bridgehead atoms. The Morgan fingerprint density at radius 1 is 1.14 bits per heavy atom. The average molecular weight is 390 g/mol. The van der Waals surface area contributed by atoms with Gasteiger partial charge < -0.3 is 20.5 Å². The van der Waals surface area contributed by atoms with Gasteiger partial charge in [-0.05, 0) is 63.4 Å². The van der Waals surface area contributed by atoms with E-state index in [-0.39, 0.29) is 18.7 Å². The first kappa shape index (κ1) is 20.7. The molecule has 3 rings (SSSR count). The molecule has 1 saturated heterocycles. The van der Waals surface area contributed by atoms with Crippen molar-refractivity contribution >= 4 is 0 Å². The molecule has 1 fully saturated rings. The van der Waals surface area contributed by atoms with Crippen LogP contribution in [0.25, 0.3) is 0 Å². The zero-order valence-electron chi connectivity index (χ0n) is 16.1. The Hall–Kier alpha value is -2.02. The molecular formula is C22H28F2N2O2. The van der Waals surface area contributed by atoms with Gasteiger partial charge in [-0.1, -0.05) is 24.3 Å². The summed E-state index contributed by atoms with van der Waals surface area (Å²) in [6, 6.07) is 10.8. The fourth-order valence-electron chi connectivity index (χ4n) is 3.65. The molecule has 0 saturated carbocycles. The van der Waals surface area contributed by atoms with Crippen LogP contribution >= 0.6 is 0 Å². The highest BCUT2D eigenvalue weighted by atomic mass is 19.1. The maximum absolute atomic E-state index is 15.3. The Bertz CT molecular complexity index is 752. The molecule has 1 aliphatic rings. The molecule has 4 nitrogen and oxygen atoms in total. The number of halogens is 2. The van der Waals surface area contributed by atoms with E-state index in [1.54, 1.807) is 24.3 Å². The smallest absolute Gasteiger partial charge is 0.198 e. The fourth-order valence-corrected chi connectivity index (χ4v) is 3.65. The van der Waals surface area contributed by atoms with E-state index in [1.807, 2.05) is 13.0 Å². The lowest BCUT2D eigenvalue weighted by Gasteiger charge is -2.30. The van der Waals surface area contributed by atoms with E-state index in [0.717, 1.165) is 32.4 Å². The summed E-state index contributed by atoms with van der Waals surface area (Å²) in [6.45, 7) is 3.68. The molecule has 1 unspecified atom stereocenters. The number of hydrogen-bond acceptors (Lipinski definition) is 4. The molecule has 0 aliphatic carbocycles. The van der Waals surface area contributed by atoms with Crippen molar-refractivity contribution in [2.45, 2.75) is 38.3 Å². The van der Waals surface area contributed by atoms with Crippen molar-refractivity contribution in [3.8, 4) is 11.5 Å². The number of hydrogen-bond donors (Lipinski definition) is 3. The van der Waals surface area contributed by atoms with Crippen LogP contribution in [-0.2, 0) is 0 Å². The maximum Gasteiger partial charge on any atom is 0.198 e. The quantitative estimate of drug-likeness (QED) is 0.634. The van der Waals surface area contributed by atoms with Crippen LogP contribution in [-0.4, -0.2) is 30.8 Å². The number of aliphatic hydroxyl groups excluding tert-OH is 1. The minimum absolute atomic E-state index is 0.0566. The Labute approximate surface area is 164 Å². The summed E-state index contributed by atoms with van der Waals surface area (Å²) in [7, 11) is 0. The molecule has 3 N–H and O–H groups in total. The number of para-hydroxylation sites is 1. The molecule has 0 amide bonds. The molecule has 152 valence electrons. The van der Waals surface area contributed by atoms with E-state index in [4.69, 9.17) is 4.74 Å². The zero-order valence-corrected chi connectivity index (χ0v) is 16.1. The summed E-state index contributed by atoms with van der Waals surface area (Å²) in [5.74, 6) is -1.00. The van der Waals surface area contributed by atoms with E-state index in [0.29, 0.717) is 17.2 Å². The van der Waals surface area contributed by atoms with Gasteiger partial charge in [-0.15, -0.1) is 0 Å². The number of nitrogens with one attached hydrogen (secondary N) is 2. The number of benzene rings is 2. The lowest BCUT2D eigenvalue weighted by Crippen LogP contribution is -2.36. The summed E-state index contributed by atoms with van der Waals surface area (Å²) in [6.07, 6.45) is 2.75. The van der Waals surface area contributed by atoms with Gasteiger partial charge in [-0.25, -0.2) is 8.78 Å². The minimum Gasteiger partial charge on any atom is -0.451 e. The van der Waals surface area contributed by atoms with Crippen LogP contribution < -0.4 is 15.4 Å². The molecule has 2 aromatic rings. The van der Waals surface area contributed by atoms with Crippen molar-refractivity contribution in [1.82, 2.24) is 10.6 Å². The molecule has 0 aromatic heterocycles. The first-order valence-corrected chi connectivity index (χ1v) is 9.87. The highest BCUT2D eigenvalue weighted by Crippen LogP contribution is 2.35. The van der Waals surface area contributed by atoms with Crippen LogP contribution in [0, 0.1) is 17.6 Å². The summed E-state index contributed by atoms with van der Waals surface area (Å²) in [5, 5.41) is 16.1. The van der Waals surface area contributed by atoms with Gasteiger partial charge in [-0.3, -0.25) is 0 Å². The molecule has 28 heavy (non-hydrogen) atoms. The minimum atomic E-state index is -0.735. The molecule has 1 heterocycles. The SMILES string of the molecule is CC(CO)N[C@@H](CC1CCNCC1)c1ccc(F)c(Oc2ccccc2)c1F. The molecule has 2 aromatic carbocycles. The second-order valence-corrected chi connectivity index (χ2v) is 7.43. The third-order valence-corrected chi connectivity index (χ3v) is 5.20. The zero-order chi connectivity index (χ0) is 19.9. The van der Waals surface area contributed by atoms with Gasteiger partial charge >= 0.3 is 0 Å². The monoisotopic (exact) mass is 390 g/mol. The molecule has 6 heteroatoms. The van der Waals surface area contributed by atoms with Gasteiger partial charge in [-0.2, -0.15) is 0 Å². The Morgan fingerprint density at radius 3 is 2.54 bits per heavy atom. The van der Waals surface area contributed by atoms with E-state index >= 15 is 4.39 Å². The van der Waals surface area contributed by atoms with Crippen LogP contribution in [0.2, 0.25) is 0 Å². The fraction of sp³-hybridized carbons (Fsp3) is 0.455. The van der Waals surface area contributed by atoms with Crippen LogP contribution in [0.1, 0.15) is 37.8 Å². The number of rotatable bonds is 8. The van der Waals surface area contributed by atoms with Crippen molar-refractivity contribution in [2.75, 3.05) is 19.7 Å². The second-order valence-electron chi connectivity index (χ2n) is 7.43. The van der Waals surface area contributed by atoms with E-state index < -0.39 is 17.4 Å². The number of piperidine rings is 1. The number of ether oxygens (including phenoxy) is 1. The normalized spacial score (nSPS) is 17.3. The lowest BCUT2D eigenvalue weighted by atomic mass is 9.87. The van der Waals surface area contributed by atoms with Crippen molar-refractivity contribution in [2.24, 2.45) is 5.92 Å². The first-order chi connectivity index (χ1) is 13.6. The van der Waals surface area contributed by atoms with E-state index in [2.05, 4.69) is 10.6 Å². The van der Waals surface area contributed by atoms with Gasteiger partial charge in [0.2, 0.25) is 0 Å². The lowest BCUT2D eigenvalue weighted by molar-refractivity contribution is 0.224. The Balaban J connectivity index is 1.88. The largest absolute Gasteiger partial charge is 0.451 e. The summed E-state index contributed by atoms with van der Waals surface area (Å²) >= 11 is 0. The number of aliphatic hydroxyl groups is 1. The average Bonchev–Trinajstić information content (AvgIpc) is 2.72. The van der Waals surface area contributed by atoms with Crippen molar-refractivity contribution in [3.63, 3.8) is 0 Å².